The Morgan fingerprint density at radius 3 is 2.58 bits per heavy atom. The molecule has 0 aliphatic heterocycles. The van der Waals surface area contributed by atoms with Crippen molar-refractivity contribution in [3.8, 4) is 5.75 Å². The van der Waals surface area contributed by atoms with Crippen LogP contribution in [0.5, 0.6) is 5.75 Å². The summed E-state index contributed by atoms with van der Waals surface area (Å²) in [6.45, 7) is 5.06. The molecule has 6 heteroatoms. The SMILES string of the molecule is COc1ccc(Nc2ncnc3c2c(C)c(C)n3CCCO)cc1. The number of benzene rings is 1. The maximum atomic E-state index is 9.12. The minimum Gasteiger partial charge on any atom is -0.497 e. The van der Waals surface area contributed by atoms with Crippen LogP contribution in [0.25, 0.3) is 11.0 Å². The quantitative estimate of drug-likeness (QED) is 0.728. The first-order valence-corrected chi connectivity index (χ1v) is 7.98. The summed E-state index contributed by atoms with van der Waals surface area (Å²) in [5.41, 5.74) is 4.14. The number of nitrogens with zero attached hydrogens (tertiary/aromatic N) is 3. The Morgan fingerprint density at radius 1 is 1.17 bits per heavy atom. The van der Waals surface area contributed by atoms with E-state index in [-0.39, 0.29) is 6.61 Å². The molecule has 0 aliphatic rings. The minimum atomic E-state index is 0.167. The Morgan fingerprint density at radius 2 is 1.92 bits per heavy atom. The van der Waals surface area contributed by atoms with Crippen LogP contribution >= 0.6 is 0 Å². The summed E-state index contributed by atoms with van der Waals surface area (Å²) >= 11 is 0. The number of aliphatic hydroxyl groups is 1. The Hall–Kier alpha value is -2.60. The predicted octanol–water partition coefficient (Wildman–Crippen LogP) is 3.18. The van der Waals surface area contributed by atoms with Gasteiger partial charge in [0.25, 0.3) is 0 Å². The molecular weight excluding hydrogens is 304 g/mol. The Labute approximate surface area is 141 Å². The molecule has 0 saturated carbocycles. The average molecular weight is 326 g/mol. The lowest BCUT2D eigenvalue weighted by molar-refractivity contribution is 0.280. The van der Waals surface area contributed by atoms with Crippen molar-refractivity contribution in [2.45, 2.75) is 26.8 Å². The second-order valence-electron chi connectivity index (χ2n) is 5.71. The van der Waals surface area contributed by atoms with Gasteiger partial charge in [0, 0.05) is 24.5 Å². The van der Waals surface area contributed by atoms with Gasteiger partial charge in [-0.15, -0.1) is 0 Å². The fourth-order valence-electron chi connectivity index (χ4n) is 2.88. The highest BCUT2D eigenvalue weighted by molar-refractivity contribution is 5.93. The van der Waals surface area contributed by atoms with Crippen molar-refractivity contribution in [1.82, 2.24) is 14.5 Å². The molecule has 126 valence electrons. The zero-order valence-corrected chi connectivity index (χ0v) is 14.2. The second-order valence-corrected chi connectivity index (χ2v) is 5.71. The molecular formula is C18H22N4O2. The molecule has 0 unspecified atom stereocenters. The number of aryl methyl sites for hydroxylation is 2. The van der Waals surface area contributed by atoms with Gasteiger partial charge < -0.3 is 19.7 Å². The highest BCUT2D eigenvalue weighted by Gasteiger charge is 2.16. The van der Waals surface area contributed by atoms with Crippen molar-refractivity contribution in [3.05, 3.63) is 41.9 Å². The van der Waals surface area contributed by atoms with Gasteiger partial charge >= 0.3 is 0 Å². The first-order valence-electron chi connectivity index (χ1n) is 7.98. The van der Waals surface area contributed by atoms with Crippen molar-refractivity contribution >= 4 is 22.5 Å². The van der Waals surface area contributed by atoms with Gasteiger partial charge in [-0.3, -0.25) is 0 Å². The zero-order valence-electron chi connectivity index (χ0n) is 14.2. The van der Waals surface area contributed by atoms with E-state index in [2.05, 4.69) is 33.7 Å². The molecule has 0 fully saturated rings. The maximum absolute atomic E-state index is 9.12. The van der Waals surface area contributed by atoms with Crippen LogP contribution in [0, 0.1) is 13.8 Å². The van der Waals surface area contributed by atoms with Crippen LogP contribution in [0.4, 0.5) is 11.5 Å². The molecule has 1 aromatic carbocycles. The summed E-state index contributed by atoms with van der Waals surface area (Å²) in [6, 6.07) is 7.73. The molecule has 2 N–H and O–H groups in total. The molecule has 0 amide bonds. The summed E-state index contributed by atoms with van der Waals surface area (Å²) in [7, 11) is 1.65. The van der Waals surface area contributed by atoms with Gasteiger partial charge in [-0.2, -0.15) is 0 Å². The van der Waals surface area contributed by atoms with Crippen molar-refractivity contribution in [2.75, 3.05) is 19.0 Å². The summed E-state index contributed by atoms with van der Waals surface area (Å²) in [6.07, 6.45) is 2.28. The summed E-state index contributed by atoms with van der Waals surface area (Å²) in [5, 5.41) is 13.5. The normalized spacial score (nSPS) is 11.0. The van der Waals surface area contributed by atoms with E-state index in [1.807, 2.05) is 24.3 Å². The Bertz CT molecular complexity index is 840. The Kier molecular flexibility index (Phi) is 4.66. The summed E-state index contributed by atoms with van der Waals surface area (Å²) in [5.74, 6) is 1.60. The molecule has 0 atom stereocenters. The van der Waals surface area contributed by atoms with Crippen LogP contribution in [0.3, 0.4) is 0 Å². The Balaban J connectivity index is 2.01. The highest BCUT2D eigenvalue weighted by atomic mass is 16.5. The van der Waals surface area contributed by atoms with Crippen molar-refractivity contribution in [3.63, 3.8) is 0 Å². The molecule has 0 saturated heterocycles. The van der Waals surface area contributed by atoms with E-state index in [0.717, 1.165) is 46.1 Å². The number of rotatable bonds is 6. The summed E-state index contributed by atoms with van der Waals surface area (Å²) in [4.78, 5) is 8.88. The number of nitrogens with one attached hydrogen (secondary N) is 1. The lowest BCUT2D eigenvalue weighted by Crippen LogP contribution is -2.03. The molecule has 2 heterocycles. The molecule has 3 rings (SSSR count). The van der Waals surface area contributed by atoms with Gasteiger partial charge in [0.15, 0.2) is 0 Å². The molecule has 24 heavy (non-hydrogen) atoms. The number of aliphatic hydroxyl groups excluding tert-OH is 1. The first-order chi connectivity index (χ1) is 11.7. The van der Waals surface area contributed by atoms with Crippen LogP contribution in [-0.4, -0.2) is 33.4 Å². The van der Waals surface area contributed by atoms with Gasteiger partial charge in [-0.1, -0.05) is 0 Å². The van der Waals surface area contributed by atoms with Crippen LogP contribution in [0.15, 0.2) is 30.6 Å². The second kappa shape index (κ2) is 6.88. The standard InChI is InChI=1S/C18H22N4O2/c1-12-13(2)22(9-4-10-23)18-16(12)17(19-11-20-18)21-14-5-7-15(24-3)8-6-14/h5-8,11,23H,4,9-10H2,1-3H3,(H,19,20,21). The van der Waals surface area contributed by atoms with E-state index in [9.17, 15) is 0 Å². The van der Waals surface area contributed by atoms with E-state index >= 15 is 0 Å². The number of ether oxygens (including phenoxy) is 1. The van der Waals surface area contributed by atoms with Crippen LogP contribution in [0.1, 0.15) is 17.7 Å². The minimum absolute atomic E-state index is 0.167. The maximum Gasteiger partial charge on any atom is 0.145 e. The average Bonchev–Trinajstić information content (AvgIpc) is 2.86. The van der Waals surface area contributed by atoms with Crippen LogP contribution < -0.4 is 10.1 Å². The van der Waals surface area contributed by atoms with E-state index in [1.165, 1.54) is 0 Å². The number of methoxy groups -OCH3 is 1. The molecule has 0 bridgehead atoms. The lowest BCUT2D eigenvalue weighted by Gasteiger charge is -2.09. The lowest BCUT2D eigenvalue weighted by atomic mass is 10.2. The molecule has 0 radical (unpaired) electrons. The molecule has 6 nitrogen and oxygen atoms in total. The number of aromatic nitrogens is 3. The van der Waals surface area contributed by atoms with E-state index in [4.69, 9.17) is 9.84 Å². The highest BCUT2D eigenvalue weighted by Crippen LogP contribution is 2.30. The van der Waals surface area contributed by atoms with Gasteiger partial charge in [0.1, 0.15) is 23.5 Å². The monoisotopic (exact) mass is 326 g/mol. The van der Waals surface area contributed by atoms with Crippen molar-refractivity contribution < 1.29 is 9.84 Å². The zero-order chi connectivity index (χ0) is 17.1. The number of anilines is 2. The number of hydrogen-bond donors (Lipinski definition) is 2. The topological polar surface area (TPSA) is 72.2 Å². The smallest absolute Gasteiger partial charge is 0.145 e. The van der Waals surface area contributed by atoms with Crippen LogP contribution in [0.2, 0.25) is 0 Å². The third-order valence-electron chi connectivity index (χ3n) is 4.30. The molecule has 0 spiro atoms. The third-order valence-corrected chi connectivity index (χ3v) is 4.30. The predicted molar refractivity (Wildman–Crippen MR) is 95.0 cm³/mol. The fraction of sp³-hybridized carbons (Fsp3) is 0.333. The molecule has 0 aliphatic carbocycles. The third kappa shape index (κ3) is 2.92. The van der Waals surface area contributed by atoms with E-state index in [1.54, 1.807) is 13.4 Å². The van der Waals surface area contributed by atoms with Gasteiger partial charge in [-0.05, 0) is 50.1 Å². The van der Waals surface area contributed by atoms with Crippen molar-refractivity contribution in [1.29, 1.82) is 0 Å². The summed E-state index contributed by atoms with van der Waals surface area (Å²) < 4.78 is 7.33. The largest absolute Gasteiger partial charge is 0.497 e. The van der Waals surface area contributed by atoms with E-state index < -0.39 is 0 Å². The van der Waals surface area contributed by atoms with Crippen LogP contribution in [-0.2, 0) is 6.54 Å². The first kappa shape index (κ1) is 16.3. The van der Waals surface area contributed by atoms with Crippen molar-refractivity contribution in [2.24, 2.45) is 0 Å². The molecule has 3 aromatic rings. The van der Waals surface area contributed by atoms with E-state index in [0.29, 0.717) is 6.42 Å². The van der Waals surface area contributed by atoms with Gasteiger partial charge in [0.05, 0.1) is 12.5 Å². The molecule has 2 aromatic heterocycles. The fourth-order valence-corrected chi connectivity index (χ4v) is 2.88. The van der Waals surface area contributed by atoms with Gasteiger partial charge in [0.2, 0.25) is 0 Å². The number of fused-ring (bicyclic) bond motifs is 1. The number of hydrogen-bond acceptors (Lipinski definition) is 5. The van der Waals surface area contributed by atoms with Gasteiger partial charge in [-0.25, -0.2) is 9.97 Å².